The highest BCUT2D eigenvalue weighted by Crippen LogP contribution is 2.46. The summed E-state index contributed by atoms with van der Waals surface area (Å²) in [5.74, 6) is 1.79. The van der Waals surface area contributed by atoms with Gasteiger partial charge in [-0.3, -0.25) is 0 Å². The van der Waals surface area contributed by atoms with E-state index in [0.29, 0.717) is 17.5 Å². The number of benzene rings is 9. The maximum absolute atomic E-state index is 6.56. The van der Waals surface area contributed by atoms with Gasteiger partial charge < -0.3 is 8.82 Å². The minimum absolute atomic E-state index is 0.592. The van der Waals surface area contributed by atoms with Crippen LogP contribution >= 0.6 is 0 Å². The Morgan fingerprint density at radius 2 is 0.806 bits per heavy atom. The molecule has 0 unspecified atom stereocenters. The van der Waals surface area contributed by atoms with E-state index >= 15 is 0 Å². The summed E-state index contributed by atoms with van der Waals surface area (Å²) in [5.41, 5.74) is 14.4. The number of furan rings is 1. The molecular formula is C57H34N4O. The van der Waals surface area contributed by atoms with Crippen LogP contribution in [0.1, 0.15) is 0 Å². The second-order valence-corrected chi connectivity index (χ2v) is 16.0. The van der Waals surface area contributed by atoms with Gasteiger partial charge in [-0.25, -0.2) is 15.0 Å². The molecule has 13 rings (SSSR count). The third-order valence-corrected chi connectivity index (χ3v) is 12.4. The van der Waals surface area contributed by atoms with Crippen molar-refractivity contribution < 1.29 is 4.42 Å². The molecule has 0 atom stereocenters. The Bertz CT molecular complexity index is 3790. The van der Waals surface area contributed by atoms with Crippen LogP contribution in [0, 0.1) is 0 Å². The summed E-state index contributed by atoms with van der Waals surface area (Å²) in [7, 11) is 0. The Labute approximate surface area is 356 Å². The molecular weight excluding hydrogens is 757 g/mol. The van der Waals surface area contributed by atoms with E-state index in [4.69, 9.17) is 19.4 Å². The lowest BCUT2D eigenvalue weighted by molar-refractivity contribution is 0.669. The molecule has 4 aromatic heterocycles. The van der Waals surface area contributed by atoms with Crippen LogP contribution < -0.4 is 0 Å². The molecule has 5 heteroatoms. The van der Waals surface area contributed by atoms with Crippen LogP contribution in [0.2, 0.25) is 0 Å². The smallest absolute Gasteiger partial charge is 0.166 e. The van der Waals surface area contributed by atoms with Gasteiger partial charge in [0, 0.05) is 38.2 Å². The monoisotopic (exact) mass is 790 g/mol. The average Bonchev–Trinajstić information content (AvgIpc) is 3.86. The molecule has 0 aliphatic rings. The third-order valence-electron chi connectivity index (χ3n) is 12.4. The van der Waals surface area contributed by atoms with E-state index in [-0.39, 0.29) is 0 Å². The van der Waals surface area contributed by atoms with E-state index in [1.165, 1.54) is 10.8 Å². The van der Waals surface area contributed by atoms with Gasteiger partial charge in [0.2, 0.25) is 0 Å². The Hall–Kier alpha value is -8.41. The van der Waals surface area contributed by atoms with E-state index in [2.05, 4.69) is 205 Å². The molecule has 0 fully saturated rings. The van der Waals surface area contributed by atoms with Gasteiger partial charge in [-0.15, -0.1) is 0 Å². The van der Waals surface area contributed by atoms with Gasteiger partial charge >= 0.3 is 0 Å². The minimum Gasteiger partial charge on any atom is -0.456 e. The average molecular weight is 791 g/mol. The summed E-state index contributed by atoms with van der Waals surface area (Å²) in [6.45, 7) is 0. The van der Waals surface area contributed by atoms with Crippen LogP contribution in [0.4, 0.5) is 0 Å². The van der Waals surface area contributed by atoms with Gasteiger partial charge in [-0.05, 0) is 93.4 Å². The van der Waals surface area contributed by atoms with Crippen LogP contribution in [0.3, 0.4) is 0 Å². The number of nitrogens with zero attached hydrogens (tertiary/aromatic N) is 4. The number of hydrogen-bond acceptors (Lipinski definition) is 4. The fraction of sp³-hybridized carbons (Fsp3) is 0. The fourth-order valence-corrected chi connectivity index (χ4v) is 9.57. The largest absolute Gasteiger partial charge is 0.456 e. The second-order valence-electron chi connectivity index (χ2n) is 16.0. The van der Waals surface area contributed by atoms with E-state index < -0.39 is 0 Å². The van der Waals surface area contributed by atoms with Gasteiger partial charge in [0.25, 0.3) is 0 Å². The summed E-state index contributed by atoms with van der Waals surface area (Å²) >= 11 is 0. The summed E-state index contributed by atoms with van der Waals surface area (Å²) < 4.78 is 8.99. The second kappa shape index (κ2) is 13.6. The molecule has 0 radical (unpaired) electrons. The maximum atomic E-state index is 6.56. The lowest BCUT2D eigenvalue weighted by Crippen LogP contribution is -2.02. The molecule has 4 heterocycles. The maximum Gasteiger partial charge on any atom is 0.166 e. The van der Waals surface area contributed by atoms with Crippen molar-refractivity contribution in [2.24, 2.45) is 0 Å². The van der Waals surface area contributed by atoms with Crippen LogP contribution in [0.25, 0.3) is 128 Å². The first-order valence-electron chi connectivity index (χ1n) is 20.9. The normalized spacial score (nSPS) is 11.9. The summed E-state index contributed by atoms with van der Waals surface area (Å²) in [4.78, 5) is 16.3. The van der Waals surface area contributed by atoms with Crippen molar-refractivity contribution in [1.29, 1.82) is 0 Å². The van der Waals surface area contributed by atoms with Crippen molar-refractivity contribution in [1.82, 2.24) is 19.4 Å². The topological polar surface area (TPSA) is 56.2 Å². The highest BCUT2D eigenvalue weighted by molar-refractivity contribution is 6.32. The molecule has 0 aliphatic heterocycles. The highest BCUT2D eigenvalue weighted by Gasteiger charge is 2.24. The standard InChI is InChI=1S/C57H34N4O/c1-4-15-35(16-5-1)38-21-12-22-39(31-38)55-58-56(42-33-40(36-17-6-2-7-18-36)32-41(34-42)37-19-8-3-9-20-37)60-57(59-55)47-26-13-25-45-44-24-14-28-49-51(44)52-50(62-49)30-29-46-43-23-10-11-27-48(43)61(53(45)47)54(46)52/h1-34H. The van der Waals surface area contributed by atoms with Gasteiger partial charge in [-0.2, -0.15) is 0 Å². The first kappa shape index (κ1) is 34.5. The number of aromatic nitrogens is 4. The van der Waals surface area contributed by atoms with E-state index in [1.54, 1.807) is 0 Å². The molecule has 0 spiro atoms. The number of fused-ring (bicyclic) bond motifs is 6. The quantitative estimate of drug-likeness (QED) is 0.168. The van der Waals surface area contributed by atoms with Crippen molar-refractivity contribution in [3.63, 3.8) is 0 Å². The Kier molecular flexibility index (Phi) is 7.54. The van der Waals surface area contributed by atoms with E-state index in [9.17, 15) is 0 Å². The molecule has 288 valence electrons. The molecule has 0 amide bonds. The fourth-order valence-electron chi connectivity index (χ4n) is 9.57. The predicted octanol–water partition coefficient (Wildman–Crippen LogP) is 14.9. The van der Waals surface area contributed by atoms with Crippen LogP contribution in [0.5, 0.6) is 0 Å². The molecule has 13 aromatic rings. The summed E-state index contributed by atoms with van der Waals surface area (Å²) in [6, 6.07) is 72.6. The zero-order valence-corrected chi connectivity index (χ0v) is 33.3. The molecule has 0 saturated heterocycles. The van der Waals surface area contributed by atoms with Gasteiger partial charge in [0.05, 0.1) is 21.9 Å². The predicted molar refractivity (Wildman–Crippen MR) is 254 cm³/mol. The molecule has 62 heavy (non-hydrogen) atoms. The van der Waals surface area contributed by atoms with Crippen molar-refractivity contribution in [2.45, 2.75) is 0 Å². The zero-order valence-electron chi connectivity index (χ0n) is 33.3. The Morgan fingerprint density at radius 3 is 1.55 bits per heavy atom. The van der Waals surface area contributed by atoms with Crippen LogP contribution in [-0.2, 0) is 0 Å². The number of para-hydroxylation sites is 2. The zero-order chi connectivity index (χ0) is 40.7. The molecule has 9 aromatic carbocycles. The highest BCUT2D eigenvalue weighted by atomic mass is 16.3. The Balaban J connectivity index is 1.15. The first-order valence-corrected chi connectivity index (χ1v) is 20.9. The number of rotatable bonds is 6. The minimum atomic E-state index is 0.592. The summed E-state index contributed by atoms with van der Waals surface area (Å²) in [6.07, 6.45) is 0. The van der Waals surface area contributed by atoms with Gasteiger partial charge in [-0.1, -0.05) is 152 Å². The van der Waals surface area contributed by atoms with Crippen molar-refractivity contribution in [2.75, 3.05) is 0 Å². The molecule has 0 saturated carbocycles. The van der Waals surface area contributed by atoms with E-state index in [1.807, 2.05) is 6.07 Å². The Morgan fingerprint density at radius 1 is 0.306 bits per heavy atom. The van der Waals surface area contributed by atoms with Crippen molar-refractivity contribution in [3.05, 3.63) is 206 Å². The number of hydrogen-bond donors (Lipinski definition) is 0. The van der Waals surface area contributed by atoms with Crippen molar-refractivity contribution >= 4 is 60.0 Å². The SMILES string of the molecule is c1ccc(-c2cccc(-c3nc(-c4cc(-c5ccccc5)cc(-c5ccccc5)c4)nc(-c4cccc5c6cccc7oc8ccc9c%10ccccc%10n(c45)c9c8c76)n3)c2)cc1. The lowest BCUT2D eigenvalue weighted by atomic mass is 9.95. The molecule has 0 N–H and O–H groups in total. The molecule has 0 bridgehead atoms. The molecule has 0 aliphatic carbocycles. The van der Waals surface area contributed by atoms with Gasteiger partial charge in [0.1, 0.15) is 11.2 Å². The lowest BCUT2D eigenvalue weighted by Gasteiger charge is -2.14. The van der Waals surface area contributed by atoms with Gasteiger partial charge in [0.15, 0.2) is 17.5 Å². The molecule has 5 nitrogen and oxygen atoms in total. The third kappa shape index (κ3) is 5.32. The van der Waals surface area contributed by atoms with Crippen LogP contribution in [0.15, 0.2) is 211 Å². The van der Waals surface area contributed by atoms with Crippen molar-refractivity contribution in [3.8, 4) is 67.5 Å². The van der Waals surface area contributed by atoms with Crippen LogP contribution in [-0.4, -0.2) is 19.4 Å². The first-order chi connectivity index (χ1) is 30.7. The van der Waals surface area contributed by atoms with E-state index in [0.717, 1.165) is 99.3 Å². The summed E-state index contributed by atoms with van der Waals surface area (Å²) in [5, 5.41) is 6.79.